The van der Waals surface area contributed by atoms with E-state index < -0.39 is 42.2 Å². The smallest absolute Gasteiger partial charge is 0.555 e. The van der Waals surface area contributed by atoms with Crippen LogP contribution in [-0.4, -0.2) is 64.7 Å². The van der Waals surface area contributed by atoms with Gasteiger partial charge in [-0.3, -0.25) is 9.59 Å². The van der Waals surface area contributed by atoms with Gasteiger partial charge in [-0.25, -0.2) is 9.97 Å². The number of carbonyl (C=O) groups is 1. The van der Waals surface area contributed by atoms with E-state index in [1.54, 1.807) is 0 Å². The molecule has 0 unspecified atom stereocenters. The molecule has 0 amide bonds. The fourth-order valence-electron chi connectivity index (χ4n) is 2.38. The molecule has 2 aromatic heterocycles. The standard InChI is InChI=1S/C11H11N4O7.K/c16-1-4-6(17)7(18)11(22-4,10(20)21)15-3-14-5-8(15)12-2-13-9(5)19;/h2-4,6,16-18H,1H2,(H,20,21)(H,12,13,19);/q-1;+1/t4-,6-,11+;/m1./s1. The first-order valence-corrected chi connectivity index (χ1v) is 6.11. The average Bonchev–Trinajstić information content (AvgIpc) is 3.02. The van der Waals surface area contributed by atoms with Crippen molar-refractivity contribution in [3.8, 4) is 0 Å². The Bertz CT molecular complexity index is 792. The van der Waals surface area contributed by atoms with E-state index in [4.69, 9.17) is 9.84 Å². The summed E-state index contributed by atoms with van der Waals surface area (Å²) < 4.78 is 5.97. The van der Waals surface area contributed by atoms with Crippen LogP contribution in [0.5, 0.6) is 0 Å². The van der Waals surface area contributed by atoms with Crippen LogP contribution >= 0.6 is 0 Å². The molecular weight excluding hydrogens is 339 g/mol. The van der Waals surface area contributed by atoms with Gasteiger partial charge in [0, 0.05) is 0 Å². The van der Waals surface area contributed by atoms with Crippen LogP contribution < -0.4 is 56.9 Å². The molecule has 5 N–H and O–H groups in total. The van der Waals surface area contributed by atoms with Crippen LogP contribution in [0.3, 0.4) is 0 Å². The van der Waals surface area contributed by atoms with Crippen LogP contribution in [0.4, 0.5) is 0 Å². The summed E-state index contributed by atoms with van der Waals surface area (Å²) in [6.07, 6.45) is -2.04. The largest absolute Gasteiger partial charge is 1.00 e. The molecule has 0 aromatic carbocycles. The van der Waals surface area contributed by atoms with E-state index in [0.29, 0.717) is 0 Å². The van der Waals surface area contributed by atoms with E-state index in [9.17, 15) is 24.9 Å². The summed E-state index contributed by atoms with van der Waals surface area (Å²) in [5, 5.41) is 38.5. The SMILES string of the molecule is O=C(O)[C@@]1(n2cnc3c(=O)[nH]cnc32)O[C@H](CO)[C@@H](O)[C-]1O.[K+]. The minimum atomic E-state index is -2.54. The number of rotatable bonds is 3. The first-order valence-electron chi connectivity index (χ1n) is 6.11. The zero-order valence-electron chi connectivity index (χ0n) is 11.9. The monoisotopic (exact) mass is 350 g/mol. The summed E-state index contributed by atoms with van der Waals surface area (Å²) in [6.45, 7) is -0.721. The number of aromatic nitrogens is 4. The summed E-state index contributed by atoms with van der Waals surface area (Å²) in [6, 6.07) is 0. The zero-order chi connectivity index (χ0) is 16.1. The number of fused-ring (bicyclic) bond motifs is 1. The fraction of sp³-hybridized carbons (Fsp3) is 0.364. The number of nitrogens with zero attached hydrogens (tertiary/aromatic N) is 3. The number of nitrogens with one attached hydrogen (secondary N) is 1. The molecule has 1 saturated heterocycles. The Morgan fingerprint density at radius 2 is 2.22 bits per heavy atom. The molecule has 11 nitrogen and oxygen atoms in total. The van der Waals surface area contributed by atoms with Crippen LogP contribution in [0.25, 0.3) is 11.2 Å². The fourth-order valence-corrected chi connectivity index (χ4v) is 2.38. The quantitative estimate of drug-likeness (QED) is 0.267. The van der Waals surface area contributed by atoms with Crippen LogP contribution in [-0.2, 0) is 15.3 Å². The van der Waals surface area contributed by atoms with Crippen LogP contribution in [0.2, 0.25) is 0 Å². The third-order valence-electron chi connectivity index (χ3n) is 3.45. The van der Waals surface area contributed by atoms with Gasteiger partial charge in [0.15, 0.2) is 11.2 Å². The van der Waals surface area contributed by atoms with Crippen molar-refractivity contribution in [2.75, 3.05) is 6.61 Å². The zero-order valence-corrected chi connectivity index (χ0v) is 15.0. The predicted molar refractivity (Wildman–Crippen MR) is 66.9 cm³/mol. The number of hydrogen-bond acceptors (Lipinski definition) is 8. The minimum absolute atomic E-state index is 0. The van der Waals surface area contributed by atoms with Crippen molar-refractivity contribution in [2.24, 2.45) is 0 Å². The molecule has 3 rings (SSSR count). The van der Waals surface area contributed by atoms with Gasteiger partial charge in [0.2, 0.25) is 0 Å². The summed E-state index contributed by atoms with van der Waals surface area (Å²) in [5.41, 5.74) is -3.48. The molecule has 1 aliphatic rings. The number of H-pyrrole nitrogens is 1. The third kappa shape index (κ3) is 2.59. The molecule has 0 aliphatic carbocycles. The predicted octanol–water partition coefficient (Wildman–Crippen LogP) is -5.48. The van der Waals surface area contributed by atoms with Crippen molar-refractivity contribution in [3.63, 3.8) is 0 Å². The maximum absolute atomic E-state index is 11.7. The Morgan fingerprint density at radius 1 is 1.52 bits per heavy atom. The molecule has 23 heavy (non-hydrogen) atoms. The van der Waals surface area contributed by atoms with E-state index in [-0.39, 0.29) is 62.5 Å². The topological polar surface area (TPSA) is 171 Å². The second-order valence-corrected chi connectivity index (χ2v) is 4.64. The summed E-state index contributed by atoms with van der Waals surface area (Å²) >= 11 is 0. The van der Waals surface area contributed by atoms with Gasteiger partial charge in [-0.15, -0.1) is 6.10 Å². The van der Waals surface area contributed by atoms with Crippen LogP contribution in [0.1, 0.15) is 0 Å². The van der Waals surface area contributed by atoms with E-state index in [2.05, 4.69) is 15.0 Å². The minimum Gasteiger partial charge on any atom is -0.555 e. The number of imidazole rings is 1. The number of ether oxygens (including phenoxy) is 1. The molecule has 118 valence electrons. The number of aliphatic hydroxyl groups excluding tert-OH is 3. The number of aliphatic hydroxyl groups is 3. The van der Waals surface area contributed by atoms with Crippen LogP contribution in [0, 0.1) is 6.10 Å². The Morgan fingerprint density at radius 3 is 2.78 bits per heavy atom. The number of carboxylic acids is 1. The maximum atomic E-state index is 11.7. The molecule has 3 atom stereocenters. The van der Waals surface area contributed by atoms with Gasteiger partial charge in [0.25, 0.3) is 5.56 Å². The molecule has 0 spiro atoms. The molecule has 3 heterocycles. The first kappa shape index (κ1) is 18.6. The average molecular weight is 350 g/mol. The Balaban J connectivity index is 0.00000192. The van der Waals surface area contributed by atoms with E-state index in [1.165, 1.54) is 0 Å². The second kappa shape index (κ2) is 6.66. The van der Waals surface area contributed by atoms with Gasteiger partial charge in [-0.2, -0.15) is 0 Å². The molecule has 0 radical (unpaired) electrons. The van der Waals surface area contributed by atoms with Gasteiger partial charge in [0.1, 0.15) is 5.72 Å². The van der Waals surface area contributed by atoms with Gasteiger partial charge in [0.05, 0.1) is 25.4 Å². The summed E-state index contributed by atoms with van der Waals surface area (Å²) in [4.78, 5) is 33.2. The normalized spacial score (nSPS) is 28.0. The van der Waals surface area contributed by atoms with Crippen molar-refractivity contribution in [2.45, 2.75) is 17.9 Å². The molecule has 0 bridgehead atoms. The number of hydrogen-bond donors (Lipinski definition) is 5. The van der Waals surface area contributed by atoms with Crippen molar-refractivity contribution in [1.82, 2.24) is 19.5 Å². The van der Waals surface area contributed by atoms with Gasteiger partial charge >= 0.3 is 57.4 Å². The Labute approximate surface area is 170 Å². The van der Waals surface area contributed by atoms with Gasteiger partial charge in [-0.1, -0.05) is 0 Å². The van der Waals surface area contributed by atoms with Crippen molar-refractivity contribution < 1.29 is 81.3 Å². The molecular formula is C11H11KN4O7. The molecule has 2 aromatic rings. The van der Waals surface area contributed by atoms with Crippen molar-refractivity contribution >= 4 is 17.1 Å². The number of aromatic amines is 1. The summed E-state index contributed by atoms with van der Waals surface area (Å²) in [5.74, 6) is -1.67. The number of carboxylic acid groups (broad SMARTS) is 1. The van der Waals surface area contributed by atoms with E-state index >= 15 is 0 Å². The molecule has 1 aliphatic heterocycles. The van der Waals surface area contributed by atoms with Gasteiger partial charge < -0.3 is 34.7 Å². The Kier molecular flexibility index (Phi) is 5.39. The third-order valence-corrected chi connectivity index (χ3v) is 3.45. The maximum Gasteiger partial charge on any atom is 1.00 e. The van der Waals surface area contributed by atoms with Gasteiger partial charge in [-0.05, 0) is 6.10 Å². The summed E-state index contributed by atoms with van der Waals surface area (Å²) in [7, 11) is 0. The first-order chi connectivity index (χ1) is 10.4. The van der Waals surface area contributed by atoms with Crippen LogP contribution in [0.15, 0.2) is 17.4 Å². The molecule has 0 saturated carbocycles. The Hall–Kier alpha value is -0.704. The number of aliphatic carboxylic acids is 1. The molecule has 12 heteroatoms. The van der Waals surface area contributed by atoms with Crippen molar-refractivity contribution in [3.05, 3.63) is 29.1 Å². The van der Waals surface area contributed by atoms with E-state index in [0.717, 1.165) is 17.2 Å². The second-order valence-electron chi connectivity index (χ2n) is 4.64. The molecule has 1 fully saturated rings. The van der Waals surface area contributed by atoms with E-state index in [1.807, 2.05) is 0 Å². The van der Waals surface area contributed by atoms with Crippen molar-refractivity contribution in [1.29, 1.82) is 0 Å².